The Labute approximate surface area is 175 Å². The molecule has 0 fully saturated rings. The van der Waals surface area contributed by atoms with Gasteiger partial charge in [-0.15, -0.1) is 5.10 Å². The summed E-state index contributed by atoms with van der Waals surface area (Å²) in [7, 11) is -5.04. The fourth-order valence-electron chi connectivity index (χ4n) is 3.25. The SMILES string of the molecule is O=P(O)(Oc1ccc(CC(c2ccc(F)cc2)n2nnc3ccccc32)cc1)C(F)F. The molecule has 1 N–H and O–H groups in total. The number of halogens is 3. The minimum atomic E-state index is -5.04. The largest absolute Gasteiger partial charge is 0.442 e. The van der Waals surface area contributed by atoms with E-state index in [9.17, 15) is 22.6 Å². The van der Waals surface area contributed by atoms with Gasteiger partial charge in [0.15, 0.2) is 0 Å². The predicted molar refractivity (Wildman–Crippen MR) is 109 cm³/mol. The predicted octanol–water partition coefficient (Wildman–Crippen LogP) is 5.19. The molecule has 0 amide bonds. The normalized spacial score (nSPS) is 14.5. The van der Waals surface area contributed by atoms with Crippen LogP contribution in [-0.4, -0.2) is 26.1 Å². The van der Waals surface area contributed by atoms with Gasteiger partial charge in [0.2, 0.25) is 0 Å². The summed E-state index contributed by atoms with van der Waals surface area (Å²) in [4.78, 5) is 9.19. The second-order valence-electron chi connectivity index (χ2n) is 6.87. The Morgan fingerprint density at radius 3 is 2.35 bits per heavy atom. The van der Waals surface area contributed by atoms with Crippen molar-refractivity contribution in [2.75, 3.05) is 0 Å². The van der Waals surface area contributed by atoms with Gasteiger partial charge in [0, 0.05) is 0 Å². The van der Waals surface area contributed by atoms with Crippen molar-refractivity contribution in [1.82, 2.24) is 15.0 Å². The van der Waals surface area contributed by atoms with Crippen LogP contribution in [0.4, 0.5) is 13.2 Å². The first kappa shape index (κ1) is 21.1. The van der Waals surface area contributed by atoms with E-state index in [-0.39, 0.29) is 17.6 Å². The molecule has 160 valence electrons. The molecule has 2 unspecified atom stereocenters. The first-order valence-electron chi connectivity index (χ1n) is 9.28. The third kappa shape index (κ3) is 4.62. The van der Waals surface area contributed by atoms with E-state index in [1.54, 1.807) is 28.9 Å². The monoisotopic (exact) mass is 447 g/mol. The molecular weight excluding hydrogens is 430 g/mol. The molecule has 0 bridgehead atoms. The van der Waals surface area contributed by atoms with E-state index in [1.165, 1.54) is 24.3 Å². The van der Waals surface area contributed by atoms with E-state index in [4.69, 9.17) is 0 Å². The average Bonchev–Trinajstić information content (AvgIpc) is 3.17. The second-order valence-corrected chi connectivity index (χ2v) is 8.57. The zero-order valence-corrected chi connectivity index (χ0v) is 16.9. The van der Waals surface area contributed by atoms with E-state index in [1.807, 2.05) is 24.3 Å². The smallest absolute Gasteiger partial charge is 0.421 e. The van der Waals surface area contributed by atoms with Gasteiger partial charge >= 0.3 is 13.8 Å². The Balaban J connectivity index is 1.65. The Morgan fingerprint density at radius 1 is 1.00 bits per heavy atom. The maximum atomic E-state index is 13.5. The molecule has 2 atom stereocenters. The van der Waals surface area contributed by atoms with Crippen molar-refractivity contribution < 1.29 is 27.2 Å². The van der Waals surface area contributed by atoms with Crippen LogP contribution in [0, 0.1) is 5.82 Å². The number of fused-ring (bicyclic) bond motifs is 1. The number of hydrogen-bond acceptors (Lipinski definition) is 4. The van der Waals surface area contributed by atoms with Crippen LogP contribution in [0.1, 0.15) is 17.2 Å². The van der Waals surface area contributed by atoms with Gasteiger partial charge in [0.1, 0.15) is 17.1 Å². The van der Waals surface area contributed by atoms with E-state index < -0.39 is 13.8 Å². The fourth-order valence-corrected chi connectivity index (χ4v) is 3.75. The van der Waals surface area contributed by atoms with Crippen molar-refractivity contribution in [2.45, 2.75) is 18.6 Å². The zero-order chi connectivity index (χ0) is 22.0. The summed E-state index contributed by atoms with van der Waals surface area (Å²) in [6.07, 6.45) is -3.07. The minimum Gasteiger partial charge on any atom is -0.421 e. The quantitative estimate of drug-likeness (QED) is 0.395. The summed E-state index contributed by atoms with van der Waals surface area (Å²) in [5.41, 5.74) is 3.10. The summed E-state index contributed by atoms with van der Waals surface area (Å²) >= 11 is 0. The molecule has 1 aromatic heterocycles. The number of nitrogens with zero attached hydrogens (tertiary/aromatic N) is 3. The molecule has 10 heteroatoms. The molecule has 4 rings (SSSR count). The lowest BCUT2D eigenvalue weighted by atomic mass is 9.98. The molecule has 0 saturated heterocycles. The van der Waals surface area contributed by atoms with Crippen molar-refractivity contribution in [1.29, 1.82) is 0 Å². The molecule has 3 aromatic carbocycles. The van der Waals surface area contributed by atoms with Gasteiger partial charge in [-0.3, -0.25) is 0 Å². The molecule has 6 nitrogen and oxygen atoms in total. The van der Waals surface area contributed by atoms with Crippen molar-refractivity contribution in [3.05, 3.63) is 89.7 Å². The van der Waals surface area contributed by atoms with Gasteiger partial charge in [-0.05, 0) is 53.9 Å². The van der Waals surface area contributed by atoms with E-state index in [0.717, 1.165) is 16.6 Å². The number of alkyl halides is 2. The molecule has 0 aliphatic heterocycles. The standard InChI is InChI=1S/C21H17F3N3O3P/c22-16-9-7-15(8-10-16)20(27-19-4-2-1-3-18(19)25-26-27)13-14-5-11-17(12-6-14)30-31(28,29)21(23)24/h1-12,20-21H,13H2,(H,28,29). The third-order valence-corrected chi connectivity index (χ3v) is 5.73. The number of hydrogen-bond donors (Lipinski definition) is 1. The van der Waals surface area contributed by atoms with Crippen molar-refractivity contribution in [3.8, 4) is 5.75 Å². The van der Waals surface area contributed by atoms with Gasteiger partial charge in [0.05, 0.1) is 11.6 Å². The van der Waals surface area contributed by atoms with E-state index in [0.29, 0.717) is 11.9 Å². The fraction of sp³-hybridized carbons (Fsp3) is 0.143. The highest BCUT2D eigenvalue weighted by Gasteiger charge is 2.34. The summed E-state index contributed by atoms with van der Waals surface area (Å²) in [6.45, 7) is 0. The third-order valence-electron chi connectivity index (χ3n) is 4.76. The molecule has 0 saturated carbocycles. The number of benzene rings is 3. The number of para-hydroxylation sites is 1. The van der Waals surface area contributed by atoms with Crippen LogP contribution in [0.5, 0.6) is 5.75 Å². The van der Waals surface area contributed by atoms with Gasteiger partial charge in [-0.25, -0.2) is 13.6 Å². The first-order chi connectivity index (χ1) is 14.8. The molecule has 0 aliphatic rings. The molecular formula is C21H17F3N3O3P. The van der Waals surface area contributed by atoms with E-state index in [2.05, 4.69) is 14.8 Å². The number of rotatable bonds is 7. The van der Waals surface area contributed by atoms with Crippen LogP contribution in [0.15, 0.2) is 72.8 Å². The van der Waals surface area contributed by atoms with Gasteiger partial charge < -0.3 is 9.42 Å². The second kappa shape index (κ2) is 8.53. The van der Waals surface area contributed by atoms with Crippen molar-refractivity contribution in [2.24, 2.45) is 0 Å². The molecule has 0 radical (unpaired) electrons. The highest BCUT2D eigenvalue weighted by atomic mass is 31.2. The molecule has 4 aromatic rings. The zero-order valence-electron chi connectivity index (χ0n) is 16.0. The maximum Gasteiger partial charge on any atom is 0.442 e. The van der Waals surface area contributed by atoms with Crippen LogP contribution >= 0.6 is 7.60 Å². The van der Waals surface area contributed by atoms with Gasteiger partial charge in [-0.2, -0.15) is 8.78 Å². The lowest BCUT2D eigenvalue weighted by Crippen LogP contribution is -2.15. The molecule has 0 spiro atoms. The molecule has 0 aliphatic carbocycles. The molecule has 31 heavy (non-hydrogen) atoms. The summed E-state index contributed by atoms with van der Waals surface area (Å²) in [5, 5.41) is 8.46. The van der Waals surface area contributed by atoms with Crippen LogP contribution in [0.3, 0.4) is 0 Å². The maximum absolute atomic E-state index is 13.5. The summed E-state index contributed by atoms with van der Waals surface area (Å²) < 4.78 is 56.3. The Morgan fingerprint density at radius 2 is 1.68 bits per heavy atom. The van der Waals surface area contributed by atoms with Crippen molar-refractivity contribution >= 4 is 18.6 Å². The lowest BCUT2D eigenvalue weighted by molar-refractivity contribution is 0.188. The van der Waals surface area contributed by atoms with Gasteiger partial charge in [0.25, 0.3) is 0 Å². The van der Waals surface area contributed by atoms with Crippen molar-refractivity contribution in [3.63, 3.8) is 0 Å². The average molecular weight is 447 g/mol. The summed E-state index contributed by atoms with van der Waals surface area (Å²) in [6, 6.07) is 19.1. The number of aromatic nitrogens is 3. The van der Waals surface area contributed by atoms with Crippen LogP contribution in [0.2, 0.25) is 0 Å². The van der Waals surface area contributed by atoms with Crippen LogP contribution in [0.25, 0.3) is 11.0 Å². The van der Waals surface area contributed by atoms with Crippen LogP contribution in [-0.2, 0) is 11.0 Å². The Hall–Kier alpha value is -3.16. The highest BCUT2D eigenvalue weighted by molar-refractivity contribution is 7.53. The lowest BCUT2D eigenvalue weighted by Gasteiger charge is -2.19. The minimum absolute atomic E-state index is 0.139. The Kier molecular flexibility index (Phi) is 5.80. The summed E-state index contributed by atoms with van der Waals surface area (Å²) in [5.74, 6) is -0.501. The van der Waals surface area contributed by atoms with E-state index >= 15 is 0 Å². The first-order valence-corrected chi connectivity index (χ1v) is 10.9. The highest BCUT2D eigenvalue weighted by Crippen LogP contribution is 2.49. The molecule has 1 heterocycles. The topological polar surface area (TPSA) is 77.2 Å². The van der Waals surface area contributed by atoms with Crippen LogP contribution < -0.4 is 4.52 Å². The Bertz CT molecular complexity index is 1230. The van der Waals surface area contributed by atoms with Gasteiger partial charge in [-0.1, -0.05) is 41.6 Å².